The lowest BCUT2D eigenvalue weighted by Gasteiger charge is -2.39. The van der Waals surface area contributed by atoms with E-state index in [1.807, 2.05) is 6.92 Å². The Hall–Kier alpha value is -2.89. The number of rotatable bonds is 4. The molecule has 1 aromatic rings. The highest BCUT2D eigenvalue weighted by molar-refractivity contribution is 6.04. The molecule has 2 aliphatic rings. The predicted molar refractivity (Wildman–Crippen MR) is 113 cm³/mol. The lowest BCUT2D eigenvalue weighted by molar-refractivity contribution is -0.143. The fourth-order valence-corrected chi connectivity index (χ4v) is 4.25. The Labute approximate surface area is 177 Å². The Bertz CT molecular complexity index is 950. The maximum atomic E-state index is 13.2. The maximum Gasteiger partial charge on any atom is 0.337 e. The highest BCUT2D eigenvalue weighted by Gasteiger charge is 2.43. The van der Waals surface area contributed by atoms with E-state index in [9.17, 15) is 14.4 Å². The standard InChI is InChI=1S/C24H29NO5/c1-13(2)30-23(28)19-14(3)25-17-11-24(4,5)12-18(26)21(17)20(19)15-7-9-16(10-8-15)22(27)29-6/h7-10,13,20,25H,11-12H2,1-6H3/t20-/m1/s1. The van der Waals surface area contributed by atoms with E-state index in [2.05, 4.69) is 19.2 Å². The summed E-state index contributed by atoms with van der Waals surface area (Å²) in [6, 6.07) is 6.86. The number of carbonyl (C=O) groups excluding carboxylic acids is 3. The van der Waals surface area contributed by atoms with Crippen LogP contribution in [0.15, 0.2) is 46.8 Å². The first-order valence-corrected chi connectivity index (χ1v) is 10.2. The number of Topliss-reactive ketones (excluding diaryl/α,β-unsaturated/α-hetero) is 1. The molecule has 160 valence electrons. The van der Waals surface area contributed by atoms with Crippen LogP contribution < -0.4 is 5.32 Å². The third-order valence-electron chi connectivity index (χ3n) is 5.47. The summed E-state index contributed by atoms with van der Waals surface area (Å²) >= 11 is 0. The average Bonchev–Trinajstić information content (AvgIpc) is 2.64. The van der Waals surface area contributed by atoms with E-state index in [1.54, 1.807) is 38.1 Å². The number of carbonyl (C=O) groups is 3. The minimum Gasteiger partial charge on any atom is -0.465 e. The predicted octanol–water partition coefficient (Wildman–Crippen LogP) is 4.03. The van der Waals surface area contributed by atoms with Crippen molar-refractivity contribution in [3.05, 3.63) is 57.9 Å². The monoisotopic (exact) mass is 411 g/mol. The van der Waals surface area contributed by atoms with Crippen LogP contribution in [0.5, 0.6) is 0 Å². The fourth-order valence-electron chi connectivity index (χ4n) is 4.25. The molecule has 6 heteroatoms. The third-order valence-corrected chi connectivity index (χ3v) is 5.47. The molecule has 0 spiro atoms. The highest BCUT2D eigenvalue weighted by atomic mass is 16.5. The first-order valence-electron chi connectivity index (χ1n) is 10.2. The molecule has 0 unspecified atom stereocenters. The third kappa shape index (κ3) is 4.18. The number of dihydropyridines is 1. The van der Waals surface area contributed by atoms with Crippen LogP contribution in [0.25, 0.3) is 0 Å². The van der Waals surface area contributed by atoms with Crippen molar-refractivity contribution < 1.29 is 23.9 Å². The highest BCUT2D eigenvalue weighted by Crippen LogP contribution is 2.46. The van der Waals surface area contributed by atoms with Crippen molar-refractivity contribution in [1.29, 1.82) is 0 Å². The summed E-state index contributed by atoms with van der Waals surface area (Å²) in [6.07, 6.45) is 0.848. The second-order valence-electron chi connectivity index (χ2n) is 9.00. The van der Waals surface area contributed by atoms with Crippen LogP contribution in [0.1, 0.15) is 69.3 Å². The molecule has 3 rings (SSSR count). The molecule has 1 aliphatic heterocycles. The van der Waals surface area contributed by atoms with Gasteiger partial charge in [0.1, 0.15) is 0 Å². The summed E-state index contributed by atoms with van der Waals surface area (Å²) in [4.78, 5) is 38.0. The Morgan fingerprint density at radius 1 is 1.10 bits per heavy atom. The van der Waals surface area contributed by atoms with E-state index < -0.39 is 17.9 Å². The molecule has 30 heavy (non-hydrogen) atoms. The van der Waals surface area contributed by atoms with Crippen molar-refractivity contribution in [2.24, 2.45) is 5.41 Å². The van der Waals surface area contributed by atoms with Crippen molar-refractivity contribution in [3.63, 3.8) is 0 Å². The molecule has 1 aliphatic carbocycles. The van der Waals surface area contributed by atoms with Gasteiger partial charge in [-0.3, -0.25) is 4.79 Å². The van der Waals surface area contributed by atoms with Gasteiger partial charge in [-0.1, -0.05) is 26.0 Å². The molecule has 0 radical (unpaired) electrons. The molecular formula is C24H29NO5. The number of allylic oxidation sites excluding steroid dienone is 3. The average molecular weight is 411 g/mol. The van der Waals surface area contributed by atoms with Crippen LogP contribution in [-0.4, -0.2) is 30.9 Å². The smallest absolute Gasteiger partial charge is 0.337 e. The van der Waals surface area contributed by atoms with Crippen molar-refractivity contribution in [2.75, 3.05) is 7.11 Å². The molecule has 1 aromatic carbocycles. The number of ketones is 1. The Balaban J connectivity index is 2.13. The van der Waals surface area contributed by atoms with Crippen LogP contribution in [0.2, 0.25) is 0 Å². The zero-order chi connectivity index (χ0) is 22.2. The van der Waals surface area contributed by atoms with Gasteiger partial charge < -0.3 is 14.8 Å². The number of benzene rings is 1. The van der Waals surface area contributed by atoms with E-state index in [0.29, 0.717) is 35.2 Å². The van der Waals surface area contributed by atoms with Gasteiger partial charge in [0, 0.05) is 29.3 Å². The van der Waals surface area contributed by atoms with E-state index in [1.165, 1.54) is 7.11 Å². The Morgan fingerprint density at radius 3 is 2.30 bits per heavy atom. The summed E-state index contributed by atoms with van der Waals surface area (Å²) in [6.45, 7) is 9.56. The number of nitrogens with one attached hydrogen (secondary N) is 1. The molecule has 1 heterocycles. The number of esters is 2. The summed E-state index contributed by atoms with van der Waals surface area (Å²) in [5.74, 6) is -1.39. The molecule has 0 bridgehead atoms. The van der Waals surface area contributed by atoms with Crippen LogP contribution in [0.4, 0.5) is 0 Å². The molecule has 0 saturated carbocycles. The van der Waals surface area contributed by atoms with Crippen LogP contribution in [-0.2, 0) is 19.1 Å². The molecule has 6 nitrogen and oxygen atoms in total. The molecule has 0 aromatic heterocycles. The normalized spacial score (nSPS) is 20.6. The molecule has 0 fully saturated rings. The topological polar surface area (TPSA) is 81.7 Å². The largest absolute Gasteiger partial charge is 0.465 e. The van der Waals surface area contributed by atoms with Gasteiger partial charge in [-0.05, 0) is 50.3 Å². The number of methoxy groups -OCH3 is 1. The van der Waals surface area contributed by atoms with Gasteiger partial charge in [-0.15, -0.1) is 0 Å². The number of ether oxygens (including phenoxy) is 2. The van der Waals surface area contributed by atoms with Crippen LogP contribution in [0, 0.1) is 5.41 Å². The summed E-state index contributed by atoms with van der Waals surface area (Å²) < 4.78 is 10.3. The minimum absolute atomic E-state index is 0.0261. The van der Waals surface area contributed by atoms with E-state index >= 15 is 0 Å². The zero-order valence-electron chi connectivity index (χ0n) is 18.4. The number of hydrogen-bond donors (Lipinski definition) is 1. The van der Waals surface area contributed by atoms with Gasteiger partial charge in [0.2, 0.25) is 0 Å². The van der Waals surface area contributed by atoms with Gasteiger partial charge in [-0.2, -0.15) is 0 Å². The van der Waals surface area contributed by atoms with Crippen molar-refractivity contribution in [3.8, 4) is 0 Å². The Morgan fingerprint density at radius 2 is 1.73 bits per heavy atom. The van der Waals surface area contributed by atoms with Gasteiger partial charge in [0.05, 0.1) is 24.4 Å². The van der Waals surface area contributed by atoms with Crippen LogP contribution >= 0.6 is 0 Å². The minimum atomic E-state index is -0.539. The quantitative estimate of drug-likeness (QED) is 0.754. The summed E-state index contributed by atoms with van der Waals surface area (Å²) in [5.41, 5.74) is 3.61. The zero-order valence-corrected chi connectivity index (χ0v) is 18.4. The molecule has 0 amide bonds. The van der Waals surface area contributed by atoms with E-state index in [4.69, 9.17) is 9.47 Å². The second kappa shape index (κ2) is 8.09. The Kier molecular flexibility index (Phi) is 5.88. The molecular weight excluding hydrogens is 382 g/mol. The first-order chi connectivity index (χ1) is 14.0. The van der Waals surface area contributed by atoms with Crippen molar-refractivity contribution in [2.45, 2.75) is 59.5 Å². The van der Waals surface area contributed by atoms with Gasteiger partial charge in [-0.25, -0.2) is 9.59 Å². The lowest BCUT2D eigenvalue weighted by atomic mass is 9.68. The SMILES string of the molecule is COC(=O)c1ccc([C@@H]2C(C(=O)OC(C)C)=C(C)NC3=C2C(=O)CC(C)(C)C3)cc1. The lowest BCUT2D eigenvalue weighted by Crippen LogP contribution is -2.39. The fraction of sp³-hybridized carbons (Fsp3) is 0.458. The number of hydrogen-bond acceptors (Lipinski definition) is 6. The van der Waals surface area contributed by atoms with E-state index in [-0.39, 0.29) is 17.3 Å². The van der Waals surface area contributed by atoms with Gasteiger partial charge in [0.25, 0.3) is 0 Å². The maximum absolute atomic E-state index is 13.2. The second-order valence-corrected chi connectivity index (χ2v) is 9.00. The molecule has 0 saturated heterocycles. The van der Waals surface area contributed by atoms with Crippen molar-refractivity contribution in [1.82, 2.24) is 5.32 Å². The van der Waals surface area contributed by atoms with Gasteiger partial charge >= 0.3 is 11.9 Å². The molecule has 1 N–H and O–H groups in total. The summed E-state index contributed by atoms with van der Waals surface area (Å²) in [7, 11) is 1.33. The van der Waals surface area contributed by atoms with Crippen molar-refractivity contribution >= 4 is 17.7 Å². The van der Waals surface area contributed by atoms with Gasteiger partial charge in [0.15, 0.2) is 5.78 Å². The molecule has 1 atom stereocenters. The van der Waals surface area contributed by atoms with Crippen LogP contribution in [0.3, 0.4) is 0 Å². The van der Waals surface area contributed by atoms with E-state index in [0.717, 1.165) is 11.3 Å². The first kappa shape index (κ1) is 21.8. The summed E-state index contributed by atoms with van der Waals surface area (Å²) in [5, 5.41) is 3.31.